The van der Waals surface area contributed by atoms with E-state index in [0.717, 1.165) is 0 Å². The summed E-state index contributed by atoms with van der Waals surface area (Å²) in [7, 11) is 0. The van der Waals surface area contributed by atoms with Crippen LogP contribution in [0.3, 0.4) is 0 Å². The summed E-state index contributed by atoms with van der Waals surface area (Å²) in [6, 6.07) is 15.6. The van der Waals surface area contributed by atoms with Gasteiger partial charge in [-0.3, -0.25) is 0 Å². The molecule has 1 unspecified atom stereocenters. The summed E-state index contributed by atoms with van der Waals surface area (Å²) in [5.74, 6) is 0.679. The highest BCUT2D eigenvalue weighted by atomic mass is 79.9. The third-order valence-corrected chi connectivity index (χ3v) is 5.47. The highest BCUT2D eigenvalue weighted by Gasteiger charge is 2.28. The molecule has 1 aliphatic carbocycles. The van der Waals surface area contributed by atoms with Crippen LogP contribution in [0.4, 0.5) is 0 Å². The molecule has 0 saturated carbocycles. The van der Waals surface area contributed by atoms with Crippen LogP contribution in [0.5, 0.6) is 0 Å². The molecule has 0 aromatic heterocycles. The Bertz CT molecular complexity index is 575. The van der Waals surface area contributed by atoms with Crippen molar-refractivity contribution in [2.75, 3.05) is 0 Å². The van der Waals surface area contributed by atoms with E-state index in [1.807, 2.05) is 0 Å². The molecule has 0 fully saturated rings. The molecule has 2 aromatic rings. The largest absolute Gasteiger partial charge is 0.0835 e. The first-order valence-electron chi connectivity index (χ1n) is 6.93. The Morgan fingerprint density at radius 1 is 1.00 bits per heavy atom. The average Bonchev–Trinajstić information content (AvgIpc) is 2.84. The molecule has 0 bridgehead atoms. The van der Waals surface area contributed by atoms with E-state index in [0.29, 0.717) is 10.7 Å². The van der Waals surface area contributed by atoms with E-state index in [9.17, 15) is 0 Å². The van der Waals surface area contributed by atoms with Gasteiger partial charge in [0.2, 0.25) is 0 Å². The molecular weight excluding hydrogens is 296 g/mol. The lowest BCUT2D eigenvalue weighted by molar-refractivity contribution is 0.553. The number of benzene rings is 2. The fraction of sp³-hybridized carbons (Fsp3) is 0.333. The quantitative estimate of drug-likeness (QED) is 0.672. The summed E-state index contributed by atoms with van der Waals surface area (Å²) in [6.07, 6.45) is 2.39. The third-order valence-electron chi connectivity index (χ3n) is 4.23. The zero-order chi connectivity index (χ0) is 13.4. The molecule has 3 rings (SSSR count). The minimum Gasteiger partial charge on any atom is -0.0835 e. The van der Waals surface area contributed by atoms with Crippen molar-refractivity contribution in [1.82, 2.24) is 0 Å². The number of alkyl halides is 1. The van der Waals surface area contributed by atoms with Crippen LogP contribution >= 0.6 is 15.9 Å². The molecule has 0 spiro atoms. The van der Waals surface area contributed by atoms with Crippen molar-refractivity contribution in [2.45, 2.75) is 31.5 Å². The van der Waals surface area contributed by atoms with Crippen LogP contribution in [0.2, 0.25) is 0 Å². The summed E-state index contributed by atoms with van der Waals surface area (Å²) >= 11 is 3.96. The van der Waals surface area contributed by atoms with Crippen molar-refractivity contribution in [2.24, 2.45) is 5.92 Å². The Kier molecular flexibility index (Phi) is 3.49. The fourth-order valence-electron chi connectivity index (χ4n) is 3.11. The first kappa shape index (κ1) is 12.9. The molecule has 2 aromatic carbocycles. The molecule has 0 aliphatic heterocycles. The predicted octanol–water partition coefficient (Wildman–Crippen LogP) is 5.15. The minimum absolute atomic E-state index is 0.458. The fourth-order valence-corrected chi connectivity index (χ4v) is 3.98. The van der Waals surface area contributed by atoms with Crippen LogP contribution in [0, 0.1) is 19.8 Å². The van der Waals surface area contributed by atoms with Gasteiger partial charge in [0.25, 0.3) is 0 Å². The van der Waals surface area contributed by atoms with E-state index in [1.165, 1.54) is 40.7 Å². The lowest BCUT2D eigenvalue weighted by Crippen LogP contribution is -2.09. The van der Waals surface area contributed by atoms with Crippen LogP contribution in [-0.4, -0.2) is 0 Å². The van der Waals surface area contributed by atoms with E-state index in [2.05, 4.69) is 72.2 Å². The van der Waals surface area contributed by atoms with Crippen molar-refractivity contribution >= 4 is 15.9 Å². The molecule has 1 heteroatoms. The van der Waals surface area contributed by atoms with Crippen LogP contribution < -0.4 is 0 Å². The Balaban J connectivity index is 1.87. The van der Waals surface area contributed by atoms with Gasteiger partial charge in [0.15, 0.2) is 0 Å². The molecule has 98 valence electrons. The normalized spacial score (nSPS) is 16.4. The molecule has 0 saturated heterocycles. The Morgan fingerprint density at radius 2 is 1.63 bits per heavy atom. The van der Waals surface area contributed by atoms with E-state index in [1.54, 1.807) is 0 Å². The lowest BCUT2D eigenvalue weighted by atomic mass is 9.93. The zero-order valence-electron chi connectivity index (χ0n) is 11.5. The highest BCUT2D eigenvalue weighted by molar-refractivity contribution is 9.09. The maximum absolute atomic E-state index is 3.96. The number of rotatable bonds is 2. The van der Waals surface area contributed by atoms with Crippen molar-refractivity contribution in [3.8, 4) is 0 Å². The Morgan fingerprint density at radius 3 is 2.26 bits per heavy atom. The number of hydrogen-bond donors (Lipinski definition) is 0. The van der Waals surface area contributed by atoms with Crippen LogP contribution in [0.1, 0.15) is 32.6 Å². The summed E-state index contributed by atoms with van der Waals surface area (Å²) in [5.41, 5.74) is 7.26. The van der Waals surface area contributed by atoms with E-state index in [4.69, 9.17) is 0 Å². The molecule has 19 heavy (non-hydrogen) atoms. The van der Waals surface area contributed by atoms with Crippen LogP contribution in [0.15, 0.2) is 42.5 Å². The van der Waals surface area contributed by atoms with E-state index < -0.39 is 0 Å². The van der Waals surface area contributed by atoms with Gasteiger partial charge in [0.05, 0.1) is 0 Å². The van der Waals surface area contributed by atoms with E-state index in [-0.39, 0.29) is 0 Å². The predicted molar refractivity (Wildman–Crippen MR) is 84.9 cm³/mol. The third kappa shape index (κ3) is 2.49. The second kappa shape index (κ2) is 5.13. The lowest BCUT2D eigenvalue weighted by Gasteiger charge is -2.20. The summed E-state index contributed by atoms with van der Waals surface area (Å²) in [5, 5.41) is 0. The van der Waals surface area contributed by atoms with Gasteiger partial charge in [-0.1, -0.05) is 64.0 Å². The Labute approximate surface area is 124 Å². The van der Waals surface area contributed by atoms with Gasteiger partial charge < -0.3 is 0 Å². The van der Waals surface area contributed by atoms with Crippen molar-refractivity contribution in [3.05, 3.63) is 70.3 Å². The minimum atomic E-state index is 0.458. The first-order valence-corrected chi connectivity index (χ1v) is 7.84. The topological polar surface area (TPSA) is 0 Å². The molecule has 0 radical (unpaired) electrons. The monoisotopic (exact) mass is 314 g/mol. The van der Waals surface area contributed by atoms with Gasteiger partial charge in [-0.05, 0) is 54.9 Å². The smallest absolute Gasteiger partial charge is 0.0432 e. The average molecular weight is 315 g/mol. The van der Waals surface area contributed by atoms with Gasteiger partial charge in [-0.2, -0.15) is 0 Å². The van der Waals surface area contributed by atoms with Crippen LogP contribution in [-0.2, 0) is 12.8 Å². The maximum Gasteiger partial charge on any atom is 0.0432 e. The molecule has 0 heterocycles. The zero-order valence-corrected chi connectivity index (χ0v) is 13.1. The summed E-state index contributed by atoms with van der Waals surface area (Å²) in [4.78, 5) is 0.458. The number of aryl methyl sites for hydroxylation is 2. The Hall–Kier alpha value is -1.08. The number of fused-ring (bicyclic) bond motifs is 1. The molecule has 1 atom stereocenters. The second-order valence-electron chi connectivity index (χ2n) is 5.70. The van der Waals surface area contributed by atoms with Gasteiger partial charge in [-0.15, -0.1) is 0 Å². The van der Waals surface area contributed by atoms with Crippen molar-refractivity contribution in [1.29, 1.82) is 0 Å². The van der Waals surface area contributed by atoms with E-state index >= 15 is 0 Å². The SMILES string of the molecule is Cc1ccc(C)c(C(Br)C2Cc3ccccc3C2)c1. The van der Waals surface area contributed by atoms with Gasteiger partial charge in [0.1, 0.15) is 0 Å². The first-order chi connectivity index (χ1) is 9.15. The van der Waals surface area contributed by atoms with Gasteiger partial charge in [0, 0.05) is 4.83 Å². The molecule has 1 aliphatic rings. The standard InChI is InChI=1S/C18H19Br/c1-12-7-8-13(2)17(9-12)18(19)16-10-14-5-3-4-6-15(14)11-16/h3-9,16,18H,10-11H2,1-2H3. The van der Waals surface area contributed by atoms with Gasteiger partial charge in [-0.25, -0.2) is 0 Å². The number of hydrogen-bond acceptors (Lipinski definition) is 0. The van der Waals surface area contributed by atoms with Gasteiger partial charge >= 0.3 is 0 Å². The second-order valence-corrected chi connectivity index (χ2v) is 6.69. The highest BCUT2D eigenvalue weighted by Crippen LogP contribution is 2.41. The van der Waals surface area contributed by atoms with Crippen molar-refractivity contribution in [3.63, 3.8) is 0 Å². The maximum atomic E-state index is 3.96. The molecule has 0 amide bonds. The number of halogens is 1. The van der Waals surface area contributed by atoms with Crippen molar-refractivity contribution < 1.29 is 0 Å². The molecule has 0 nitrogen and oxygen atoms in total. The summed E-state index contributed by atoms with van der Waals surface area (Å²) in [6.45, 7) is 4.39. The molecular formula is C18H19Br. The summed E-state index contributed by atoms with van der Waals surface area (Å²) < 4.78 is 0. The van der Waals surface area contributed by atoms with Crippen LogP contribution in [0.25, 0.3) is 0 Å². The molecule has 0 N–H and O–H groups in total.